The monoisotopic (exact) mass is 505 g/mol. The van der Waals surface area contributed by atoms with Crippen molar-refractivity contribution in [1.82, 2.24) is 14.8 Å². The minimum absolute atomic E-state index is 0.188. The first-order chi connectivity index (χ1) is 16.9. The lowest BCUT2D eigenvalue weighted by molar-refractivity contribution is -0.606. The average Bonchev–Trinajstić information content (AvgIpc) is 3.55. The van der Waals surface area contributed by atoms with E-state index in [4.69, 9.17) is 11.6 Å². The lowest BCUT2D eigenvalue weighted by Gasteiger charge is -2.39. The zero-order chi connectivity index (χ0) is 24.3. The molecule has 35 heavy (non-hydrogen) atoms. The molecular weight excluding hydrogens is 490 g/mol. The fraction of sp³-hybridized carbons (Fsp3) is 0.125. The van der Waals surface area contributed by atoms with E-state index in [1.54, 1.807) is 51.6 Å². The molecule has 11 heteroatoms. The van der Waals surface area contributed by atoms with Gasteiger partial charge in [-0.15, -0.1) is 11.3 Å². The van der Waals surface area contributed by atoms with E-state index in [-0.39, 0.29) is 24.7 Å². The third-order valence-corrected chi connectivity index (χ3v) is 7.49. The highest BCUT2D eigenvalue weighted by atomic mass is 35.5. The summed E-state index contributed by atoms with van der Waals surface area (Å²) in [6.45, 7) is 0.533. The fourth-order valence-electron chi connectivity index (χ4n) is 4.92. The molecule has 0 radical (unpaired) electrons. The third-order valence-electron chi connectivity index (χ3n) is 6.35. The van der Waals surface area contributed by atoms with E-state index in [1.807, 2.05) is 0 Å². The number of aromatic nitrogens is 3. The highest BCUT2D eigenvalue weighted by molar-refractivity contribution is 7.13. The van der Waals surface area contributed by atoms with Gasteiger partial charge >= 0.3 is 0 Å². The Hall–Kier alpha value is -4.02. The summed E-state index contributed by atoms with van der Waals surface area (Å²) < 4.78 is 1.30. The van der Waals surface area contributed by atoms with Crippen molar-refractivity contribution in [3.05, 3.63) is 110 Å². The van der Waals surface area contributed by atoms with Crippen molar-refractivity contribution in [2.24, 2.45) is 0 Å². The summed E-state index contributed by atoms with van der Waals surface area (Å²) in [6, 6.07) is 11.7. The normalized spacial score (nSPS) is 18.6. The first-order valence-electron chi connectivity index (χ1n) is 10.7. The van der Waals surface area contributed by atoms with Gasteiger partial charge in [0.15, 0.2) is 30.5 Å². The van der Waals surface area contributed by atoms with Crippen LogP contribution in [0.2, 0.25) is 5.02 Å². The quantitative estimate of drug-likeness (QED) is 0.314. The lowest BCUT2D eigenvalue weighted by atomic mass is 9.91. The molecule has 0 saturated carbocycles. The molecular formula is C24H16ClN5O4S. The number of hydrogen-bond acceptors (Lipinski definition) is 6. The minimum atomic E-state index is -1.31. The van der Waals surface area contributed by atoms with Gasteiger partial charge in [0.25, 0.3) is 11.8 Å². The van der Waals surface area contributed by atoms with E-state index in [0.717, 1.165) is 0 Å². The van der Waals surface area contributed by atoms with Crippen molar-refractivity contribution < 1.29 is 19.0 Å². The fourth-order valence-corrected chi connectivity index (χ4v) is 5.83. The lowest BCUT2D eigenvalue weighted by Crippen LogP contribution is -2.52. The molecule has 2 aliphatic heterocycles. The van der Waals surface area contributed by atoms with Crippen LogP contribution in [0, 0.1) is 10.4 Å². The maximum atomic E-state index is 13.9. The molecule has 3 aromatic heterocycles. The summed E-state index contributed by atoms with van der Waals surface area (Å²) in [5.41, 5.74) is 0.906. The van der Waals surface area contributed by atoms with Crippen LogP contribution in [-0.4, -0.2) is 39.7 Å². The van der Waals surface area contributed by atoms with Crippen LogP contribution in [0.25, 0.3) is 10.6 Å². The SMILES string of the molecule is O=C(c1csc(-c2ccc[n+]([O-])c2)n1)N1CCN2C(=O)c3cc[n+]([O-])cc3C12c1ccc(Cl)cc1. The van der Waals surface area contributed by atoms with Gasteiger partial charge in [0, 0.05) is 41.2 Å². The maximum absolute atomic E-state index is 13.9. The smallest absolute Gasteiger partial charge is 0.275 e. The van der Waals surface area contributed by atoms with Crippen LogP contribution in [0.1, 0.15) is 32.0 Å². The molecule has 2 aliphatic rings. The van der Waals surface area contributed by atoms with Crippen LogP contribution in [0.4, 0.5) is 0 Å². The van der Waals surface area contributed by atoms with Crippen molar-refractivity contribution in [2.45, 2.75) is 5.66 Å². The Bertz CT molecular complexity index is 1510. The van der Waals surface area contributed by atoms with E-state index in [9.17, 15) is 20.0 Å². The zero-order valence-corrected chi connectivity index (χ0v) is 19.6. The van der Waals surface area contributed by atoms with Gasteiger partial charge in [0.1, 0.15) is 10.7 Å². The molecule has 1 atom stereocenters. The van der Waals surface area contributed by atoms with Crippen molar-refractivity contribution in [1.29, 1.82) is 0 Å². The Morgan fingerprint density at radius 3 is 2.60 bits per heavy atom. The van der Waals surface area contributed by atoms with Crippen molar-refractivity contribution in [3.63, 3.8) is 0 Å². The maximum Gasteiger partial charge on any atom is 0.275 e. The second-order valence-electron chi connectivity index (χ2n) is 8.22. The van der Waals surface area contributed by atoms with Gasteiger partial charge in [0.2, 0.25) is 0 Å². The Kier molecular flexibility index (Phi) is 4.77. The Balaban J connectivity index is 1.50. The third kappa shape index (κ3) is 3.10. The predicted octanol–water partition coefficient (Wildman–Crippen LogP) is 2.54. The number of nitrogens with zero attached hydrogens (tertiary/aromatic N) is 5. The topological polar surface area (TPSA) is 107 Å². The van der Waals surface area contributed by atoms with Crippen molar-refractivity contribution in [2.75, 3.05) is 13.1 Å². The number of benzene rings is 1. The largest absolute Gasteiger partial charge is 0.619 e. The molecule has 5 heterocycles. The zero-order valence-electron chi connectivity index (χ0n) is 18.0. The molecule has 0 bridgehead atoms. The number of hydrogen-bond donors (Lipinski definition) is 0. The van der Waals surface area contributed by atoms with Gasteiger partial charge in [0.05, 0.1) is 16.7 Å². The number of rotatable bonds is 3. The number of fused-ring (bicyclic) bond motifs is 3. The summed E-state index contributed by atoms with van der Waals surface area (Å²) in [5, 5.41) is 26.7. The summed E-state index contributed by atoms with van der Waals surface area (Å²) >= 11 is 7.38. The molecule has 1 aromatic carbocycles. The number of thiazole rings is 1. The Morgan fingerprint density at radius 1 is 1.06 bits per heavy atom. The van der Waals surface area contributed by atoms with E-state index in [0.29, 0.717) is 41.7 Å². The average molecular weight is 506 g/mol. The Morgan fingerprint density at radius 2 is 1.83 bits per heavy atom. The molecule has 1 fully saturated rings. The van der Waals surface area contributed by atoms with Gasteiger partial charge in [-0.1, -0.05) is 23.7 Å². The number of carbonyl (C=O) groups is 2. The molecule has 0 N–H and O–H groups in total. The molecule has 0 aliphatic carbocycles. The predicted molar refractivity (Wildman–Crippen MR) is 126 cm³/mol. The van der Waals surface area contributed by atoms with Crippen LogP contribution >= 0.6 is 22.9 Å². The number of carbonyl (C=O) groups excluding carboxylic acids is 2. The standard InChI is InChI=1S/C24H16ClN5O4S/c25-17-5-3-16(4-6-17)24-19-13-28(34)9-7-18(19)22(31)29(24)10-11-30(24)23(32)20-14-35-21(26-20)15-2-1-8-27(33)12-15/h1-9,12-14H,10-11H2. The first-order valence-corrected chi connectivity index (χ1v) is 11.9. The van der Waals surface area contributed by atoms with Crippen molar-refractivity contribution in [3.8, 4) is 10.6 Å². The van der Waals surface area contributed by atoms with Crippen LogP contribution in [-0.2, 0) is 5.66 Å². The van der Waals surface area contributed by atoms with Gasteiger partial charge in [-0.2, -0.15) is 9.46 Å². The molecule has 9 nitrogen and oxygen atoms in total. The molecule has 2 amide bonds. The molecule has 1 unspecified atom stereocenters. The molecule has 0 spiro atoms. The van der Waals surface area contributed by atoms with E-state index in [1.165, 1.54) is 42.2 Å². The summed E-state index contributed by atoms with van der Waals surface area (Å²) in [6.07, 6.45) is 5.37. The number of amides is 2. The molecule has 174 valence electrons. The summed E-state index contributed by atoms with van der Waals surface area (Å²) in [7, 11) is 0. The summed E-state index contributed by atoms with van der Waals surface area (Å²) in [4.78, 5) is 35.0. The number of halogens is 1. The highest BCUT2D eigenvalue weighted by Gasteiger charge is 2.61. The molecule has 1 saturated heterocycles. The van der Waals surface area contributed by atoms with Gasteiger partial charge < -0.3 is 20.2 Å². The van der Waals surface area contributed by atoms with Gasteiger partial charge in [-0.05, 0) is 18.2 Å². The van der Waals surface area contributed by atoms with E-state index in [2.05, 4.69) is 4.98 Å². The highest BCUT2D eigenvalue weighted by Crippen LogP contribution is 2.49. The van der Waals surface area contributed by atoms with Crippen LogP contribution in [0.15, 0.2) is 72.6 Å². The number of pyridine rings is 2. The van der Waals surface area contributed by atoms with Gasteiger partial charge in [-0.25, -0.2) is 4.98 Å². The second kappa shape index (κ2) is 7.76. The van der Waals surface area contributed by atoms with Crippen LogP contribution in [0.5, 0.6) is 0 Å². The van der Waals surface area contributed by atoms with Crippen LogP contribution in [0.3, 0.4) is 0 Å². The summed E-state index contributed by atoms with van der Waals surface area (Å²) in [5.74, 6) is -0.646. The second-order valence-corrected chi connectivity index (χ2v) is 9.51. The van der Waals surface area contributed by atoms with Gasteiger partial charge in [-0.3, -0.25) is 9.59 Å². The minimum Gasteiger partial charge on any atom is -0.619 e. The van der Waals surface area contributed by atoms with Crippen molar-refractivity contribution >= 4 is 34.8 Å². The Labute approximate surface area is 208 Å². The van der Waals surface area contributed by atoms with E-state index >= 15 is 0 Å². The van der Waals surface area contributed by atoms with E-state index < -0.39 is 11.6 Å². The van der Waals surface area contributed by atoms with Crippen LogP contribution < -0.4 is 9.46 Å². The molecule has 6 rings (SSSR count). The molecule has 4 aromatic rings. The first kappa shape index (κ1) is 21.5.